The van der Waals surface area contributed by atoms with Crippen LogP contribution in [0.4, 0.5) is 13.2 Å². The topological polar surface area (TPSA) is 56.9 Å². The number of benzene rings is 1. The van der Waals surface area contributed by atoms with Gasteiger partial charge in [0.25, 0.3) is 5.56 Å². The maximum Gasteiger partial charge on any atom is 0.431 e. The quantitative estimate of drug-likeness (QED) is 0.486. The number of nitrogens with zero attached hydrogens (tertiary/aromatic N) is 3. The van der Waals surface area contributed by atoms with E-state index in [0.717, 1.165) is 38.5 Å². The maximum atomic E-state index is 13.0. The molecule has 0 aliphatic heterocycles. The smallest absolute Gasteiger partial charge is 0.292 e. The molecule has 5 nitrogen and oxygen atoms in total. The average Bonchev–Trinajstić information content (AvgIpc) is 3.22. The Morgan fingerprint density at radius 3 is 2.50 bits per heavy atom. The van der Waals surface area contributed by atoms with Gasteiger partial charge in [-0.15, -0.1) is 0 Å². The summed E-state index contributed by atoms with van der Waals surface area (Å²) in [4.78, 5) is 24.9. The molecule has 4 rings (SSSR count). The van der Waals surface area contributed by atoms with Gasteiger partial charge >= 0.3 is 11.9 Å². The Balaban J connectivity index is 1.96. The number of rotatable bonds is 2. The molecule has 0 aliphatic rings. The van der Waals surface area contributed by atoms with Crippen LogP contribution in [0.15, 0.2) is 44.6 Å². The highest BCUT2D eigenvalue weighted by Crippen LogP contribution is 2.35. The molecule has 144 valence electrons. The average molecular weight is 423 g/mol. The second kappa shape index (κ2) is 6.42. The molecule has 4 aromatic rings. The lowest BCUT2D eigenvalue weighted by Gasteiger charge is -2.14. The molecule has 1 aromatic carbocycles. The number of aryl methyl sites for hydroxylation is 1. The molecule has 0 atom stereocenters. The fraction of sp³-hybridized carbons (Fsp3) is 0.167. The summed E-state index contributed by atoms with van der Waals surface area (Å²) in [6.45, 7) is 1.96. The van der Waals surface area contributed by atoms with Gasteiger partial charge in [0.1, 0.15) is 5.69 Å². The number of thiophene rings is 1. The predicted molar refractivity (Wildman–Crippen MR) is 104 cm³/mol. The van der Waals surface area contributed by atoms with E-state index in [4.69, 9.17) is 0 Å². The predicted octanol–water partition coefficient (Wildman–Crippen LogP) is 4.20. The third-order valence-corrected chi connectivity index (χ3v) is 6.12. The van der Waals surface area contributed by atoms with Crippen molar-refractivity contribution in [1.29, 1.82) is 0 Å². The van der Waals surface area contributed by atoms with E-state index < -0.39 is 23.1 Å². The fourth-order valence-corrected chi connectivity index (χ4v) is 4.60. The normalized spacial score (nSPS) is 12.0. The summed E-state index contributed by atoms with van der Waals surface area (Å²) < 4.78 is 45.6. The van der Waals surface area contributed by atoms with Crippen molar-refractivity contribution >= 4 is 33.0 Å². The highest BCUT2D eigenvalue weighted by Gasteiger charge is 2.35. The maximum absolute atomic E-state index is 13.0. The molecule has 3 aromatic heterocycles. The second-order valence-electron chi connectivity index (χ2n) is 6.22. The zero-order valence-corrected chi connectivity index (χ0v) is 16.2. The van der Waals surface area contributed by atoms with Crippen molar-refractivity contribution in [2.75, 3.05) is 0 Å². The lowest BCUT2D eigenvalue weighted by molar-refractivity contribution is -0.144. The molecular weight excluding hydrogens is 411 g/mol. The van der Waals surface area contributed by atoms with Crippen LogP contribution in [0, 0.1) is 6.92 Å². The number of alkyl halides is 3. The van der Waals surface area contributed by atoms with Crippen molar-refractivity contribution in [2.45, 2.75) is 13.1 Å². The Bertz CT molecular complexity index is 1330. The summed E-state index contributed by atoms with van der Waals surface area (Å²) in [5.74, 6) is 0. The molecule has 0 unspecified atom stereocenters. The molecule has 3 heterocycles. The molecule has 10 heteroatoms. The van der Waals surface area contributed by atoms with Gasteiger partial charge in [0.05, 0.1) is 16.1 Å². The Hall–Kier alpha value is -2.72. The van der Waals surface area contributed by atoms with Crippen LogP contribution in [0.25, 0.3) is 27.0 Å². The summed E-state index contributed by atoms with van der Waals surface area (Å²) in [5, 5.41) is 4.68. The van der Waals surface area contributed by atoms with E-state index in [9.17, 15) is 22.8 Å². The highest BCUT2D eigenvalue weighted by atomic mass is 32.1. The van der Waals surface area contributed by atoms with E-state index in [0.29, 0.717) is 10.6 Å². The van der Waals surface area contributed by atoms with Crippen molar-refractivity contribution in [3.05, 3.63) is 67.1 Å². The number of hydrogen-bond acceptors (Lipinski definition) is 5. The minimum atomic E-state index is -4.79. The number of aromatic nitrogens is 3. The third kappa shape index (κ3) is 2.89. The van der Waals surface area contributed by atoms with Gasteiger partial charge in [-0.05, 0) is 47.6 Å². The molecule has 0 N–H and O–H groups in total. The first-order valence-corrected chi connectivity index (χ1v) is 9.73. The second-order valence-corrected chi connectivity index (χ2v) is 7.77. The fourth-order valence-electron chi connectivity index (χ4n) is 3.00. The van der Waals surface area contributed by atoms with Crippen LogP contribution >= 0.6 is 22.9 Å². The van der Waals surface area contributed by atoms with Crippen molar-refractivity contribution in [3.8, 4) is 16.9 Å². The third-order valence-electron chi connectivity index (χ3n) is 4.43. The molecule has 0 aliphatic carbocycles. The van der Waals surface area contributed by atoms with Crippen molar-refractivity contribution < 1.29 is 13.2 Å². The van der Waals surface area contributed by atoms with Crippen LogP contribution in [0.2, 0.25) is 0 Å². The first kappa shape index (κ1) is 18.6. The zero-order chi connectivity index (χ0) is 20.2. The molecule has 0 bridgehead atoms. The molecule has 0 spiro atoms. The van der Waals surface area contributed by atoms with Crippen molar-refractivity contribution in [2.24, 2.45) is 7.05 Å². The van der Waals surface area contributed by atoms with Gasteiger partial charge in [-0.3, -0.25) is 9.36 Å². The van der Waals surface area contributed by atoms with Crippen LogP contribution in [-0.2, 0) is 13.2 Å². The lowest BCUT2D eigenvalue weighted by atomic mass is 10.1. The van der Waals surface area contributed by atoms with Crippen molar-refractivity contribution in [1.82, 2.24) is 13.5 Å². The summed E-state index contributed by atoms with van der Waals surface area (Å²) in [6.07, 6.45) is -4.79. The highest BCUT2D eigenvalue weighted by molar-refractivity contribution is 7.13. The van der Waals surface area contributed by atoms with Crippen LogP contribution in [0.1, 0.15) is 11.3 Å². The van der Waals surface area contributed by atoms with Gasteiger partial charge in [-0.1, -0.05) is 0 Å². The van der Waals surface area contributed by atoms with E-state index >= 15 is 0 Å². The van der Waals surface area contributed by atoms with Crippen LogP contribution in [0.3, 0.4) is 0 Å². The summed E-state index contributed by atoms with van der Waals surface area (Å²) in [6, 6.07) is 5.28. The van der Waals surface area contributed by atoms with E-state index in [1.54, 1.807) is 12.1 Å². The zero-order valence-electron chi connectivity index (χ0n) is 14.6. The van der Waals surface area contributed by atoms with E-state index in [1.165, 1.54) is 28.9 Å². The van der Waals surface area contributed by atoms with E-state index in [1.807, 2.05) is 17.7 Å². The Kier molecular flexibility index (Phi) is 4.27. The summed E-state index contributed by atoms with van der Waals surface area (Å²) in [7, 11) is 0.992. The molecular formula is C18H12F3N3O2S2. The Labute approximate surface area is 164 Å². The first-order chi connectivity index (χ1) is 13.2. The van der Waals surface area contributed by atoms with Crippen molar-refractivity contribution in [3.63, 3.8) is 0 Å². The van der Waals surface area contributed by atoms with E-state index in [2.05, 4.69) is 4.37 Å². The van der Waals surface area contributed by atoms with Gasteiger partial charge in [-0.2, -0.15) is 28.9 Å². The standard InChI is InChI=1S/C18H12F3N3O2S2/c1-9-7-27-8-12(9)16-11-5-10(3-4-13(11)28-22-16)24-15(25)6-14(18(19,20)21)23(2)17(24)26/h3-8H,1-2H3. The Morgan fingerprint density at radius 1 is 1.11 bits per heavy atom. The summed E-state index contributed by atoms with van der Waals surface area (Å²) >= 11 is 2.81. The lowest BCUT2D eigenvalue weighted by Crippen LogP contribution is -2.40. The van der Waals surface area contributed by atoms with Gasteiger partial charge in [-0.25, -0.2) is 9.36 Å². The van der Waals surface area contributed by atoms with Gasteiger partial charge < -0.3 is 0 Å². The number of halogens is 3. The van der Waals surface area contributed by atoms with E-state index in [-0.39, 0.29) is 5.69 Å². The molecule has 28 heavy (non-hydrogen) atoms. The van der Waals surface area contributed by atoms with Crippen LogP contribution < -0.4 is 11.2 Å². The molecule has 0 saturated carbocycles. The summed E-state index contributed by atoms with van der Waals surface area (Å²) in [5.41, 5.74) is -0.474. The molecule has 0 fully saturated rings. The number of hydrogen-bond donors (Lipinski definition) is 0. The Morgan fingerprint density at radius 2 is 1.86 bits per heavy atom. The largest absolute Gasteiger partial charge is 0.431 e. The number of fused-ring (bicyclic) bond motifs is 1. The molecule has 0 saturated heterocycles. The minimum Gasteiger partial charge on any atom is -0.292 e. The monoisotopic (exact) mass is 423 g/mol. The van der Waals surface area contributed by atoms with Crippen LogP contribution in [0.5, 0.6) is 0 Å². The minimum absolute atomic E-state index is 0.196. The SMILES string of the molecule is Cc1cscc1-c1nsc2ccc(-n3c(=O)cc(C(F)(F)F)n(C)c3=O)cc12. The van der Waals surface area contributed by atoms with Gasteiger partial charge in [0.15, 0.2) is 0 Å². The van der Waals surface area contributed by atoms with Gasteiger partial charge in [0.2, 0.25) is 0 Å². The van der Waals surface area contributed by atoms with Gasteiger partial charge in [0, 0.05) is 29.4 Å². The van der Waals surface area contributed by atoms with Crippen LogP contribution in [-0.4, -0.2) is 13.5 Å². The molecule has 0 radical (unpaired) electrons. The first-order valence-electron chi connectivity index (χ1n) is 8.01. The molecule has 0 amide bonds.